The minimum absolute atomic E-state index is 0.881. The Labute approximate surface area is 335 Å². The molecular formula is C56H35NO. The summed E-state index contributed by atoms with van der Waals surface area (Å²) < 4.78 is 6.46. The Morgan fingerprint density at radius 3 is 1.71 bits per heavy atom. The van der Waals surface area contributed by atoms with Crippen molar-refractivity contribution in [2.75, 3.05) is 4.90 Å². The lowest BCUT2D eigenvalue weighted by Gasteiger charge is -2.26. The lowest BCUT2D eigenvalue weighted by Crippen LogP contribution is -2.09. The van der Waals surface area contributed by atoms with Crippen molar-refractivity contribution < 1.29 is 4.42 Å². The number of hydrogen-bond acceptors (Lipinski definition) is 2. The summed E-state index contributed by atoms with van der Waals surface area (Å²) in [7, 11) is 0. The maximum Gasteiger partial charge on any atom is 0.136 e. The Balaban J connectivity index is 1.03. The van der Waals surface area contributed by atoms with Crippen molar-refractivity contribution in [3.8, 4) is 22.3 Å². The Hall–Kier alpha value is -7.68. The third kappa shape index (κ3) is 5.27. The Morgan fingerprint density at radius 1 is 0.259 bits per heavy atom. The van der Waals surface area contributed by atoms with E-state index in [2.05, 4.69) is 217 Å². The van der Waals surface area contributed by atoms with Crippen LogP contribution in [0.25, 0.3) is 98.1 Å². The van der Waals surface area contributed by atoms with Crippen molar-refractivity contribution in [3.05, 3.63) is 212 Å². The number of hydrogen-bond donors (Lipinski definition) is 0. The van der Waals surface area contributed by atoms with Crippen LogP contribution in [0.1, 0.15) is 0 Å². The minimum atomic E-state index is 0.881. The van der Waals surface area contributed by atoms with E-state index >= 15 is 0 Å². The zero-order valence-corrected chi connectivity index (χ0v) is 31.6. The molecule has 0 aliphatic rings. The van der Waals surface area contributed by atoms with Crippen molar-refractivity contribution in [2.24, 2.45) is 0 Å². The molecule has 11 aromatic carbocycles. The SMILES string of the molecule is c1ccc2cc3c(cc2c1)oc1ccc(N(c2ccc(-c4cccc5ccccc45)cc2)c2ccc4ccc(-c5cc6ccccc6c6ccccc56)cc4c2)cc13. The number of fused-ring (bicyclic) bond motifs is 9. The highest BCUT2D eigenvalue weighted by molar-refractivity contribution is 6.15. The second-order valence-electron chi connectivity index (χ2n) is 15.3. The van der Waals surface area contributed by atoms with E-state index in [0.717, 1.165) is 39.0 Å². The third-order valence-electron chi connectivity index (χ3n) is 12.0. The van der Waals surface area contributed by atoms with Gasteiger partial charge in [0.15, 0.2) is 0 Å². The minimum Gasteiger partial charge on any atom is -0.456 e. The molecule has 0 saturated heterocycles. The second-order valence-corrected chi connectivity index (χ2v) is 15.3. The van der Waals surface area contributed by atoms with Gasteiger partial charge < -0.3 is 9.32 Å². The van der Waals surface area contributed by atoms with Crippen molar-refractivity contribution in [1.82, 2.24) is 0 Å². The van der Waals surface area contributed by atoms with E-state index in [-0.39, 0.29) is 0 Å². The van der Waals surface area contributed by atoms with Gasteiger partial charge in [0.05, 0.1) is 0 Å². The molecule has 2 heteroatoms. The van der Waals surface area contributed by atoms with E-state index in [1.54, 1.807) is 0 Å². The van der Waals surface area contributed by atoms with E-state index in [4.69, 9.17) is 4.42 Å². The Morgan fingerprint density at radius 2 is 0.862 bits per heavy atom. The maximum absolute atomic E-state index is 6.46. The molecule has 58 heavy (non-hydrogen) atoms. The first kappa shape index (κ1) is 32.6. The summed E-state index contributed by atoms with van der Waals surface area (Å²) >= 11 is 0. The van der Waals surface area contributed by atoms with Gasteiger partial charge >= 0.3 is 0 Å². The first-order chi connectivity index (χ1) is 28.7. The number of rotatable bonds is 5. The quantitative estimate of drug-likeness (QED) is 0.164. The van der Waals surface area contributed by atoms with Gasteiger partial charge in [-0.15, -0.1) is 0 Å². The van der Waals surface area contributed by atoms with Crippen LogP contribution in [0.5, 0.6) is 0 Å². The van der Waals surface area contributed by atoms with Crippen molar-refractivity contribution >= 4 is 92.9 Å². The largest absolute Gasteiger partial charge is 0.456 e. The number of benzene rings is 11. The summed E-state index contributed by atoms with van der Waals surface area (Å²) in [4.78, 5) is 2.38. The van der Waals surface area contributed by atoms with E-state index in [1.807, 2.05) is 0 Å². The average molecular weight is 738 g/mol. The van der Waals surface area contributed by atoms with Gasteiger partial charge in [0.25, 0.3) is 0 Å². The van der Waals surface area contributed by atoms with Gasteiger partial charge in [0.1, 0.15) is 11.2 Å². The zero-order valence-electron chi connectivity index (χ0n) is 31.6. The van der Waals surface area contributed by atoms with Gasteiger partial charge in [0, 0.05) is 27.8 Å². The van der Waals surface area contributed by atoms with Crippen LogP contribution in [0.4, 0.5) is 17.1 Å². The zero-order chi connectivity index (χ0) is 38.2. The molecule has 270 valence electrons. The number of anilines is 3. The second kappa shape index (κ2) is 12.9. The molecule has 0 atom stereocenters. The topological polar surface area (TPSA) is 16.4 Å². The number of furan rings is 1. The van der Waals surface area contributed by atoms with Crippen LogP contribution in [0.15, 0.2) is 217 Å². The summed E-state index contributed by atoms with van der Waals surface area (Å²) in [6.45, 7) is 0. The highest BCUT2D eigenvalue weighted by Gasteiger charge is 2.18. The predicted octanol–water partition coefficient (Wildman–Crippen LogP) is 16.2. The van der Waals surface area contributed by atoms with Crippen LogP contribution in [0, 0.1) is 0 Å². The van der Waals surface area contributed by atoms with E-state index in [0.29, 0.717) is 0 Å². The fraction of sp³-hybridized carbons (Fsp3) is 0. The molecule has 0 aliphatic carbocycles. The normalized spacial score (nSPS) is 11.8. The van der Waals surface area contributed by atoms with Crippen LogP contribution in [-0.2, 0) is 0 Å². The fourth-order valence-electron chi connectivity index (χ4n) is 9.14. The highest BCUT2D eigenvalue weighted by atomic mass is 16.3. The lowest BCUT2D eigenvalue weighted by molar-refractivity contribution is 0.669. The van der Waals surface area contributed by atoms with E-state index in [1.165, 1.54) is 76.1 Å². The molecule has 12 aromatic rings. The van der Waals surface area contributed by atoms with Gasteiger partial charge in [-0.25, -0.2) is 0 Å². The summed E-state index contributed by atoms with van der Waals surface area (Å²) in [6, 6.07) is 77.2. The van der Waals surface area contributed by atoms with Crippen molar-refractivity contribution in [2.45, 2.75) is 0 Å². The molecule has 0 unspecified atom stereocenters. The van der Waals surface area contributed by atoms with Gasteiger partial charge in [0.2, 0.25) is 0 Å². The van der Waals surface area contributed by atoms with Crippen molar-refractivity contribution in [1.29, 1.82) is 0 Å². The molecule has 12 rings (SSSR count). The molecule has 2 nitrogen and oxygen atoms in total. The lowest BCUT2D eigenvalue weighted by atomic mass is 9.92. The van der Waals surface area contributed by atoms with Crippen LogP contribution in [0.2, 0.25) is 0 Å². The van der Waals surface area contributed by atoms with Crippen LogP contribution in [-0.4, -0.2) is 0 Å². The van der Waals surface area contributed by atoms with Gasteiger partial charge in [-0.2, -0.15) is 0 Å². The van der Waals surface area contributed by atoms with E-state index < -0.39 is 0 Å². The molecule has 0 N–H and O–H groups in total. The third-order valence-corrected chi connectivity index (χ3v) is 12.0. The first-order valence-electron chi connectivity index (χ1n) is 19.9. The summed E-state index contributed by atoms with van der Waals surface area (Å²) in [5.41, 5.74) is 9.88. The summed E-state index contributed by atoms with van der Waals surface area (Å²) in [5, 5.41) is 14.5. The Kier molecular flexibility index (Phi) is 7.26. The molecule has 0 amide bonds. The summed E-state index contributed by atoms with van der Waals surface area (Å²) in [5.74, 6) is 0. The fourth-order valence-corrected chi connectivity index (χ4v) is 9.14. The summed E-state index contributed by atoms with van der Waals surface area (Å²) in [6.07, 6.45) is 0. The molecule has 0 bridgehead atoms. The van der Waals surface area contributed by atoms with Crippen LogP contribution < -0.4 is 4.90 Å². The molecular weight excluding hydrogens is 703 g/mol. The first-order valence-corrected chi connectivity index (χ1v) is 19.9. The maximum atomic E-state index is 6.46. The molecule has 1 heterocycles. The molecule has 1 aromatic heterocycles. The molecule has 0 saturated carbocycles. The van der Waals surface area contributed by atoms with Gasteiger partial charge in [-0.1, -0.05) is 146 Å². The van der Waals surface area contributed by atoms with Gasteiger partial charge in [-0.05, 0) is 143 Å². The monoisotopic (exact) mass is 737 g/mol. The molecule has 0 spiro atoms. The van der Waals surface area contributed by atoms with Gasteiger partial charge in [-0.3, -0.25) is 0 Å². The predicted molar refractivity (Wildman–Crippen MR) is 247 cm³/mol. The average Bonchev–Trinajstić information content (AvgIpc) is 3.64. The smallest absolute Gasteiger partial charge is 0.136 e. The van der Waals surface area contributed by atoms with Crippen molar-refractivity contribution in [3.63, 3.8) is 0 Å². The molecule has 0 fully saturated rings. The molecule has 0 radical (unpaired) electrons. The molecule has 0 aliphatic heterocycles. The van der Waals surface area contributed by atoms with Crippen LogP contribution in [0.3, 0.4) is 0 Å². The van der Waals surface area contributed by atoms with Crippen LogP contribution >= 0.6 is 0 Å². The highest BCUT2D eigenvalue weighted by Crippen LogP contribution is 2.42. The standard InChI is InChI=1S/C56H35NO/c1-2-12-40-34-56-53(32-39(40)11-1)54-35-46(28-29-55(54)58-56)57(44-25-23-38(24-26-44)48-19-9-14-37-10-3-5-15-47(37)48)45-27-22-36-20-21-42(30-43(36)31-45)52-33-41-13-4-6-16-49(41)50-17-7-8-18-51(50)52/h1-35H. The van der Waals surface area contributed by atoms with E-state index in [9.17, 15) is 0 Å². The Bertz CT molecular complexity index is 3570. The number of nitrogens with zero attached hydrogens (tertiary/aromatic N) is 1.